The fraction of sp³-hybridized carbons (Fsp3) is 0.625. The molecule has 0 amide bonds. The highest BCUT2D eigenvalue weighted by Crippen LogP contribution is 2.17. The van der Waals surface area contributed by atoms with Gasteiger partial charge in [-0.15, -0.1) is 0 Å². The van der Waals surface area contributed by atoms with E-state index in [1.807, 2.05) is 24.3 Å². The molecule has 0 radical (unpaired) electrons. The van der Waals surface area contributed by atoms with Crippen molar-refractivity contribution >= 4 is 15.9 Å². The molecule has 3 heteroatoms. The number of hydrogen-bond donors (Lipinski definition) is 0. The summed E-state index contributed by atoms with van der Waals surface area (Å²) in [6.07, 6.45) is 0. The average molecular weight is 328 g/mol. The van der Waals surface area contributed by atoms with Crippen molar-refractivity contribution in [3.8, 4) is 5.75 Å². The largest absolute Gasteiger partial charge is 0.492 e. The van der Waals surface area contributed by atoms with Gasteiger partial charge in [0.15, 0.2) is 0 Å². The van der Waals surface area contributed by atoms with Crippen LogP contribution in [0.3, 0.4) is 0 Å². The fourth-order valence-electron chi connectivity index (χ4n) is 2.14. The third-order valence-electron chi connectivity index (χ3n) is 2.72. The van der Waals surface area contributed by atoms with E-state index >= 15 is 0 Å². The van der Waals surface area contributed by atoms with Crippen LogP contribution >= 0.6 is 15.9 Å². The first-order valence-electron chi connectivity index (χ1n) is 7.08. The Morgan fingerprint density at radius 1 is 1.11 bits per heavy atom. The van der Waals surface area contributed by atoms with E-state index in [9.17, 15) is 0 Å². The first-order valence-corrected chi connectivity index (χ1v) is 7.87. The van der Waals surface area contributed by atoms with Crippen LogP contribution in [0.2, 0.25) is 0 Å². The van der Waals surface area contributed by atoms with Crippen molar-refractivity contribution < 1.29 is 4.74 Å². The molecule has 2 nitrogen and oxygen atoms in total. The number of benzene rings is 1. The van der Waals surface area contributed by atoms with Crippen molar-refractivity contribution in [2.24, 2.45) is 11.8 Å². The lowest BCUT2D eigenvalue weighted by Crippen LogP contribution is -2.34. The van der Waals surface area contributed by atoms with Crippen LogP contribution in [-0.2, 0) is 0 Å². The molecule has 0 aromatic heterocycles. The van der Waals surface area contributed by atoms with Crippen molar-refractivity contribution in [1.29, 1.82) is 0 Å². The highest BCUT2D eigenvalue weighted by atomic mass is 79.9. The van der Waals surface area contributed by atoms with Gasteiger partial charge in [0.25, 0.3) is 0 Å². The summed E-state index contributed by atoms with van der Waals surface area (Å²) in [5, 5.41) is 0. The van der Waals surface area contributed by atoms with Crippen LogP contribution in [0.5, 0.6) is 5.75 Å². The minimum Gasteiger partial charge on any atom is -0.492 e. The predicted octanol–water partition coefficient (Wildman–Crippen LogP) is 4.44. The first-order chi connectivity index (χ1) is 8.97. The molecule has 0 unspecified atom stereocenters. The number of rotatable bonds is 8. The smallest absolute Gasteiger partial charge is 0.120 e. The molecule has 0 aliphatic rings. The molecule has 0 heterocycles. The van der Waals surface area contributed by atoms with Crippen LogP contribution < -0.4 is 4.74 Å². The molecule has 0 fully saturated rings. The Hall–Kier alpha value is -0.540. The van der Waals surface area contributed by atoms with Crippen LogP contribution in [-0.4, -0.2) is 31.1 Å². The molecule has 0 bridgehead atoms. The molecular weight excluding hydrogens is 302 g/mol. The van der Waals surface area contributed by atoms with E-state index in [2.05, 4.69) is 48.5 Å². The van der Waals surface area contributed by atoms with Crippen LogP contribution in [0.4, 0.5) is 0 Å². The van der Waals surface area contributed by atoms with E-state index in [1.165, 1.54) is 0 Å². The molecule has 1 aromatic rings. The Morgan fingerprint density at radius 3 is 2.26 bits per heavy atom. The minimum atomic E-state index is 0.699. The summed E-state index contributed by atoms with van der Waals surface area (Å²) >= 11 is 3.46. The second-order valence-corrected chi connectivity index (χ2v) is 6.77. The molecular formula is C16H26BrNO. The summed E-state index contributed by atoms with van der Waals surface area (Å²) in [5.41, 5.74) is 0. The van der Waals surface area contributed by atoms with E-state index in [-0.39, 0.29) is 0 Å². The zero-order valence-corrected chi connectivity index (χ0v) is 14.1. The highest BCUT2D eigenvalue weighted by Gasteiger charge is 2.09. The van der Waals surface area contributed by atoms with Crippen LogP contribution in [0.1, 0.15) is 27.7 Å². The van der Waals surface area contributed by atoms with Crippen molar-refractivity contribution in [2.45, 2.75) is 27.7 Å². The summed E-state index contributed by atoms with van der Waals surface area (Å²) in [4.78, 5) is 2.49. The van der Waals surface area contributed by atoms with Crippen LogP contribution in [0.15, 0.2) is 28.7 Å². The van der Waals surface area contributed by atoms with E-state index in [0.717, 1.165) is 36.5 Å². The normalized spacial score (nSPS) is 11.6. The fourth-order valence-corrected chi connectivity index (χ4v) is 2.52. The Morgan fingerprint density at radius 2 is 1.74 bits per heavy atom. The second kappa shape index (κ2) is 8.60. The molecule has 1 aromatic carbocycles. The maximum atomic E-state index is 5.81. The molecule has 1 rings (SSSR count). The van der Waals surface area contributed by atoms with Gasteiger partial charge >= 0.3 is 0 Å². The third-order valence-corrected chi connectivity index (χ3v) is 3.21. The molecule has 0 atom stereocenters. The lowest BCUT2D eigenvalue weighted by Gasteiger charge is -2.26. The van der Waals surface area contributed by atoms with Crippen molar-refractivity contribution in [3.05, 3.63) is 28.7 Å². The Labute approximate surface area is 126 Å². The van der Waals surface area contributed by atoms with E-state index in [0.29, 0.717) is 11.8 Å². The summed E-state index contributed by atoms with van der Waals surface area (Å²) in [5.74, 6) is 2.33. The maximum absolute atomic E-state index is 5.81. The highest BCUT2D eigenvalue weighted by molar-refractivity contribution is 9.10. The predicted molar refractivity (Wildman–Crippen MR) is 85.8 cm³/mol. The van der Waals surface area contributed by atoms with Gasteiger partial charge in [0, 0.05) is 24.1 Å². The number of halogens is 1. The monoisotopic (exact) mass is 327 g/mol. The lowest BCUT2D eigenvalue weighted by molar-refractivity contribution is 0.177. The second-order valence-electron chi connectivity index (χ2n) is 5.85. The van der Waals surface area contributed by atoms with Gasteiger partial charge in [-0.25, -0.2) is 0 Å². The lowest BCUT2D eigenvalue weighted by atomic mass is 10.1. The van der Waals surface area contributed by atoms with Crippen LogP contribution in [0, 0.1) is 11.8 Å². The quantitative estimate of drug-likeness (QED) is 0.699. The summed E-state index contributed by atoms with van der Waals surface area (Å²) in [7, 11) is 0. The van der Waals surface area contributed by atoms with E-state index < -0.39 is 0 Å². The molecule has 19 heavy (non-hydrogen) atoms. The zero-order valence-electron chi connectivity index (χ0n) is 12.5. The van der Waals surface area contributed by atoms with Gasteiger partial charge in [-0.2, -0.15) is 0 Å². The Kier molecular flexibility index (Phi) is 7.47. The number of nitrogens with zero attached hydrogens (tertiary/aromatic N) is 1. The average Bonchev–Trinajstić information content (AvgIpc) is 2.27. The van der Waals surface area contributed by atoms with Gasteiger partial charge in [0.2, 0.25) is 0 Å². The summed E-state index contributed by atoms with van der Waals surface area (Å²) in [6, 6.07) is 8.02. The SMILES string of the molecule is CC(C)CN(CCOc1cccc(Br)c1)CC(C)C. The van der Waals surface area contributed by atoms with Crippen molar-refractivity contribution in [2.75, 3.05) is 26.2 Å². The Bertz CT molecular complexity index is 356. The third kappa shape index (κ3) is 7.58. The zero-order chi connectivity index (χ0) is 14.3. The van der Waals surface area contributed by atoms with Gasteiger partial charge in [0.1, 0.15) is 12.4 Å². The van der Waals surface area contributed by atoms with Gasteiger partial charge in [-0.1, -0.05) is 49.7 Å². The van der Waals surface area contributed by atoms with Crippen molar-refractivity contribution in [1.82, 2.24) is 4.90 Å². The molecule has 0 aliphatic carbocycles. The van der Waals surface area contributed by atoms with E-state index in [4.69, 9.17) is 4.74 Å². The molecule has 0 spiro atoms. The van der Waals surface area contributed by atoms with Gasteiger partial charge in [0.05, 0.1) is 0 Å². The molecule has 0 saturated heterocycles. The summed E-state index contributed by atoms with van der Waals surface area (Å²) < 4.78 is 6.87. The minimum absolute atomic E-state index is 0.699. The topological polar surface area (TPSA) is 12.5 Å². The molecule has 0 saturated carbocycles. The van der Waals surface area contributed by atoms with Gasteiger partial charge in [-0.05, 0) is 30.0 Å². The van der Waals surface area contributed by atoms with Crippen molar-refractivity contribution in [3.63, 3.8) is 0 Å². The van der Waals surface area contributed by atoms with Gasteiger partial charge in [-0.3, -0.25) is 4.90 Å². The standard InChI is InChI=1S/C16H26BrNO/c1-13(2)11-18(12-14(3)4)8-9-19-16-7-5-6-15(17)10-16/h5-7,10,13-14H,8-9,11-12H2,1-4H3. The molecule has 0 N–H and O–H groups in total. The number of ether oxygens (including phenoxy) is 1. The van der Waals surface area contributed by atoms with Crippen LogP contribution in [0.25, 0.3) is 0 Å². The van der Waals surface area contributed by atoms with Gasteiger partial charge < -0.3 is 4.74 Å². The Balaban J connectivity index is 2.38. The number of hydrogen-bond acceptors (Lipinski definition) is 2. The molecule has 0 aliphatic heterocycles. The summed E-state index contributed by atoms with van der Waals surface area (Å²) in [6.45, 7) is 13.1. The first kappa shape index (κ1) is 16.5. The van der Waals surface area contributed by atoms with E-state index in [1.54, 1.807) is 0 Å². The molecule has 108 valence electrons. The maximum Gasteiger partial charge on any atom is 0.120 e.